The number of hydrogen-bond acceptors (Lipinski definition) is 3. The van der Waals surface area contributed by atoms with Crippen molar-refractivity contribution in [2.24, 2.45) is 0 Å². The molecule has 8 heteroatoms. The molecule has 2 N–H and O–H groups in total. The molecule has 1 atom stereocenters. The summed E-state index contributed by atoms with van der Waals surface area (Å²) in [6, 6.07) is 6.09. The second-order valence-electron chi connectivity index (χ2n) is 4.45. The van der Waals surface area contributed by atoms with Gasteiger partial charge in [0.25, 0.3) is 11.1 Å². The summed E-state index contributed by atoms with van der Waals surface area (Å²) in [6.07, 6.45) is 0. The lowest BCUT2D eigenvalue weighted by Gasteiger charge is -2.13. The third-order valence-corrected chi connectivity index (χ3v) is 3.63. The van der Waals surface area contributed by atoms with Gasteiger partial charge in [0.05, 0.1) is 5.25 Å². The number of hydrogen-bond donors (Lipinski definition) is 3. The number of benzene rings is 1. The van der Waals surface area contributed by atoms with Crippen molar-refractivity contribution in [3.05, 3.63) is 73.9 Å². The highest BCUT2D eigenvalue weighted by molar-refractivity contribution is 7.80. The first-order chi connectivity index (χ1) is 9.97. The Balaban J connectivity index is 2.17. The van der Waals surface area contributed by atoms with Crippen LogP contribution < -0.4 is 11.1 Å². The molecule has 2 heterocycles. The third-order valence-electron chi connectivity index (χ3n) is 3.07. The van der Waals surface area contributed by atoms with Gasteiger partial charge in [0, 0.05) is 23.4 Å². The van der Waals surface area contributed by atoms with Gasteiger partial charge in [-0.25, -0.2) is 13.3 Å². The number of H-pyrrole nitrogens is 2. The van der Waals surface area contributed by atoms with Crippen LogP contribution in [0.5, 0.6) is 0 Å². The van der Waals surface area contributed by atoms with Gasteiger partial charge in [-0.1, -0.05) is 12.1 Å². The Hall–Kier alpha value is -2.35. The smallest absolute Gasteiger partial charge is 0.272 e. The normalized spacial score (nSPS) is 12.7. The molecule has 0 saturated heterocycles. The maximum atomic E-state index is 13.8. The van der Waals surface area contributed by atoms with E-state index in [0.29, 0.717) is 0 Å². The number of aromatic amines is 2. The standard InChI is InChI=1S/C13H9F2N3O2S/c14-7-3-1-2-6(12(7)15)13(21)8-4-11(20)18-9(16-8)5-10(19)17-18/h1-5,13,16,21H,(H,17,19). The highest BCUT2D eigenvalue weighted by Crippen LogP contribution is 2.29. The lowest BCUT2D eigenvalue weighted by atomic mass is 10.1. The van der Waals surface area contributed by atoms with Crippen LogP contribution in [0.25, 0.3) is 5.65 Å². The molecule has 3 rings (SSSR count). The molecule has 0 aliphatic carbocycles. The molecular formula is C13H9F2N3O2S. The first-order valence-electron chi connectivity index (χ1n) is 5.94. The van der Waals surface area contributed by atoms with Gasteiger partial charge in [-0.05, 0) is 6.07 Å². The van der Waals surface area contributed by atoms with Crippen LogP contribution >= 0.6 is 12.6 Å². The molecule has 0 saturated carbocycles. The van der Waals surface area contributed by atoms with E-state index in [1.54, 1.807) is 0 Å². The SMILES string of the molecule is O=c1cc2[nH]c(C(S)c3cccc(F)c3F)cc(=O)n2[nH]1. The van der Waals surface area contributed by atoms with Crippen molar-refractivity contribution in [1.82, 2.24) is 14.6 Å². The monoisotopic (exact) mass is 309 g/mol. The number of fused-ring (bicyclic) bond motifs is 1. The van der Waals surface area contributed by atoms with Gasteiger partial charge < -0.3 is 4.98 Å². The van der Waals surface area contributed by atoms with Crippen LogP contribution in [-0.2, 0) is 0 Å². The number of rotatable bonds is 2. The van der Waals surface area contributed by atoms with E-state index in [-0.39, 0.29) is 16.9 Å². The first-order valence-corrected chi connectivity index (χ1v) is 6.46. The molecule has 0 radical (unpaired) electrons. The van der Waals surface area contributed by atoms with Gasteiger partial charge in [0.2, 0.25) is 0 Å². The van der Waals surface area contributed by atoms with E-state index >= 15 is 0 Å². The average Bonchev–Trinajstić information content (AvgIpc) is 2.82. The molecule has 0 spiro atoms. The fourth-order valence-electron chi connectivity index (χ4n) is 2.09. The summed E-state index contributed by atoms with van der Waals surface area (Å²) in [5.41, 5.74) is -0.480. The zero-order valence-electron chi connectivity index (χ0n) is 10.4. The van der Waals surface area contributed by atoms with Gasteiger partial charge in [-0.3, -0.25) is 14.7 Å². The molecule has 108 valence electrons. The number of thiol groups is 1. The van der Waals surface area contributed by atoms with E-state index in [1.807, 2.05) is 0 Å². The second-order valence-corrected chi connectivity index (χ2v) is 4.97. The van der Waals surface area contributed by atoms with Crippen molar-refractivity contribution >= 4 is 18.3 Å². The molecule has 0 aliphatic rings. The fraction of sp³-hybridized carbons (Fsp3) is 0.0769. The molecule has 5 nitrogen and oxygen atoms in total. The van der Waals surface area contributed by atoms with E-state index in [0.717, 1.165) is 10.6 Å². The number of nitrogens with zero attached hydrogens (tertiary/aromatic N) is 1. The van der Waals surface area contributed by atoms with Crippen molar-refractivity contribution in [1.29, 1.82) is 0 Å². The lowest BCUT2D eigenvalue weighted by Crippen LogP contribution is -2.18. The van der Waals surface area contributed by atoms with Crippen LogP contribution in [0.1, 0.15) is 16.5 Å². The largest absolute Gasteiger partial charge is 0.342 e. The Morgan fingerprint density at radius 3 is 2.71 bits per heavy atom. The average molecular weight is 309 g/mol. The number of nitrogens with one attached hydrogen (secondary N) is 2. The van der Waals surface area contributed by atoms with E-state index in [4.69, 9.17) is 0 Å². The summed E-state index contributed by atoms with van der Waals surface area (Å²) in [5, 5.41) is 1.44. The Morgan fingerprint density at radius 1 is 1.19 bits per heavy atom. The maximum Gasteiger partial charge on any atom is 0.272 e. The second kappa shape index (κ2) is 4.88. The topological polar surface area (TPSA) is 70.1 Å². The summed E-state index contributed by atoms with van der Waals surface area (Å²) < 4.78 is 28.1. The zero-order chi connectivity index (χ0) is 15.1. The zero-order valence-corrected chi connectivity index (χ0v) is 11.3. The Morgan fingerprint density at radius 2 is 1.95 bits per heavy atom. The van der Waals surface area contributed by atoms with Gasteiger partial charge >= 0.3 is 0 Å². The molecule has 1 aromatic carbocycles. The van der Waals surface area contributed by atoms with Gasteiger partial charge in [0.1, 0.15) is 5.65 Å². The lowest BCUT2D eigenvalue weighted by molar-refractivity contribution is 0.500. The first kappa shape index (κ1) is 13.6. The summed E-state index contributed by atoms with van der Waals surface area (Å²) >= 11 is 4.23. The summed E-state index contributed by atoms with van der Waals surface area (Å²) in [5.74, 6) is -2.02. The Labute approximate surface area is 121 Å². The quantitative estimate of drug-likeness (QED) is 0.630. The minimum atomic E-state index is -1.02. The molecule has 2 aromatic heterocycles. The van der Waals surface area contributed by atoms with Crippen LogP contribution in [0.4, 0.5) is 8.78 Å². The third kappa shape index (κ3) is 2.27. The van der Waals surface area contributed by atoms with Crippen molar-refractivity contribution in [3.8, 4) is 0 Å². The Kier molecular flexibility index (Phi) is 3.17. The van der Waals surface area contributed by atoms with Crippen molar-refractivity contribution < 1.29 is 8.78 Å². The van der Waals surface area contributed by atoms with Gasteiger partial charge in [-0.15, -0.1) is 0 Å². The van der Waals surface area contributed by atoms with Crippen molar-refractivity contribution in [2.75, 3.05) is 0 Å². The molecule has 0 bridgehead atoms. The number of aromatic nitrogens is 3. The van der Waals surface area contributed by atoms with E-state index in [9.17, 15) is 18.4 Å². The Bertz CT molecular complexity index is 944. The molecule has 1 unspecified atom stereocenters. The minimum Gasteiger partial charge on any atom is -0.342 e. The minimum absolute atomic E-state index is 0.00350. The van der Waals surface area contributed by atoms with Crippen LogP contribution in [0, 0.1) is 11.6 Å². The fourth-order valence-corrected chi connectivity index (χ4v) is 2.42. The predicted octanol–water partition coefficient (Wildman–Crippen LogP) is 1.61. The summed E-state index contributed by atoms with van der Waals surface area (Å²) in [7, 11) is 0. The molecule has 0 aliphatic heterocycles. The molecule has 0 fully saturated rings. The van der Waals surface area contributed by atoms with Gasteiger partial charge in [0.15, 0.2) is 11.6 Å². The number of halogens is 2. The highest BCUT2D eigenvalue weighted by Gasteiger charge is 2.18. The predicted molar refractivity (Wildman–Crippen MR) is 75.8 cm³/mol. The van der Waals surface area contributed by atoms with Crippen LogP contribution in [0.15, 0.2) is 39.9 Å². The van der Waals surface area contributed by atoms with Crippen molar-refractivity contribution in [3.63, 3.8) is 0 Å². The molecule has 3 aromatic rings. The van der Waals surface area contributed by atoms with E-state index in [2.05, 4.69) is 22.7 Å². The summed E-state index contributed by atoms with van der Waals surface area (Å²) in [6.45, 7) is 0. The van der Waals surface area contributed by atoms with Crippen LogP contribution in [0.2, 0.25) is 0 Å². The van der Waals surface area contributed by atoms with E-state index < -0.39 is 28.0 Å². The molecule has 0 amide bonds. The maximum absolute atomic E-state index is 13.8. The molecular weight excluding hydrogens is 300 g/mol. The van der Waals surface area contributed by atoms with Crippen LogP contribution in [-0.4, -0.2) is 14.6 Å². The molecule has 21 heavy (non-hydrogen) atoms. The van der Waals surface area contributed by atoms with Crippen molar-refractivity contribution in [2.45, 2.75) is 5.25 Å². The summed E-state index contributed by atoms with van der Waals surface area (Å²) in [4.78, 5) is 25.9. The van der Waals surface area contributed by atoms with E-state index in [1.165, 1.54) is 24.3 Å². The highest BCUT2D eigenvalue weighted by atomic mass is 32.1. The van der Waals surface area contributed by atoms with Gasteiger partial charge in [-0.2, -0.15) is 12.6 Å². The van der Waals surface area contributed by atoms with Crippen LogP contribution in [0.3, 0.4) is 0 Å².